The molecular formula is C5H10O6. The van der Waals surface area contributed by atoms with E-state index in [-0.39, 0.29) is 0 Å². The molecular weight excluding hydrogens is 156 g/mol. The Bertz CT molecular complexity index is 125. The Balaban J connectivity index is 2.63. The van der Waals surface area contributed by atoms with Crippen molar-refractivity contribution in [2.75, 3.05) is 0 Å². The zero-order valence-corrected chi connectivity index (χ0v) is 5.53. The molecule has 1 rings (SSSR count). The van der Waals surface area contributed by atoms with Gasteiger partial charge in [0.15, 0.2) is 12.6 Å². The lowest BCUT2D eigenvalue weighted by molar-refractivity contribution is -0.328. The minimum absolute atomic E-state index is 1.59. The third kappa shape index (κ3) is 1.51. The van der Waals surface area contributed by atoms with Crippen molar-refractivity contribution in [3.05, 3.63) is 0 Å². The number of hydrogen-bond acceptors (Lipinski definition) is 6. The van der Waals surface area contributed by atoms with E-state index in [1.54, 1.807) is 0 Å². The largest absolute Gasteiger partial charge is 0.387 e. The molecule has 0 aromatic rings. The van der Waals surface area contributed by atoms with E-state index in [1.807, 2.05) is 0 Å². The Morgan fingerprint density at radius 2 is 1.00 bits per heavy atom. The van der Waals surface area contributed by atoms with Crippen LogP contribution in [0.3, 0.4) is 0 Å². The molecule has 0 bridgehead atoms. The third-order valence-electron chi connectivity index (χ3n) is 1.56. The average molecular weight is 166 g/mol. The summed E-state index contributed by atoms with van der Waals surface area (Å²) in [5.41, 5.74) is 0. The first kappa shape index (κ1) is 8.85. The molecule has 1 saturated heterocycles. The van der Waals surface area contributed by atoms with E-state index >= 15 is 0 Å². The summed E-state index contributed by atoms with van der Waals surface area (Å²) in [6.07, 6.45) is -8.10. The molecule has 11 heavy (non-hydrogen) atoms. The quantitative estimate of drug-likeness (QED) is 0.258. The highest BCUT2D eigenvalue weighted by Gasteiger charge is 2.42. The molecule has 0 saturated carbocycles. The summed E-state index contributed by atoms with van der Waals surface area (Å²) in [4.78, 5) is 0. The summed E-state index contributed by atoms with van der Waals surface area (Å²) in [6.45, 7) is 0. The van der Waals surface area contributed by atoms with E-state index in [2.05, 4.69) is 4.74 Å². The van der Waals surface area contributed by atoms with Gasteiger partial charge in [0.1, 0.15) is 18.3 Å². The fourth-order valence-corrected chi connectivity index (χ4v) is 0.843. The van der Waals surface area contributed by atoms with Gasteiger partial charge in [0, 0.05) is 0 Å². The summed E-state index contributed by atoms with van der Waals surface area (Å²) < 4.78 is 4.23. The van der Waals surface area contributed by atoms with Gasteiger partial charge in [-0.15, -0.1) is 0 Å². The molecule has 6 heteroatoms. The van der Waals surface area contributed by atoms with Crippen molar-refractivity contribution in [3.8, 4) is 0 Å². The van der Waals surface area contributed by atoms with Crippen LogP contribution in [0.2, 0.25) is 0 Å². The highest BCUT2D eigenvalue weighted by atomic mass is 16.7. The molecule has 2 unspecified atom stereocenters. The normalized spacial score (nSPS) is 52.6. The van der Waals surface area contributed by atoms with Crippen LogP contribution in [0.25, 0.3) is 0 Å². The van der Waals surface area contributed by atoms with Crippen LogP contribution in [0.5, 0.6) is 0 Å². The topological polar surface area (TPSA) is 110 Å². The maximum Gasteiger partial charge on any atom is 0.186 e. The molecule has 0 aliphatic carbocycles. The van der Waals surface area contributed by atoms with Crippen molar-refractivity contribution < 1.29 is 30.3 Å². The average Bonchev–Trinajstić information content (AvgIpc) is 1.97. The minimum Gasteiger partial charge on any atom is -0.387 e. The smallest absolute Gasteiger partial charge is 0.186 e. The standard InChI is InChI=1S/C5H10O6/c6-1-2(7)4(9)11-5(10)3(1)8/h1-10H/t1?,2-,3?,4+,5-/m0/s1. The Hall–Kier alpha value is -0.240. The molecule has 1 aliphatic rings. The van der Waals surface area contributed by atoms with Gasteiger partial charge in [-0.1, -0.05) is 0 Å². The van der Waals surface area contributed by atoms with Crippen LogP contribution in [-0.2, 0) is 4.74 Å². The predicted octanol–water partition coefficient (Wildman–Crippen LogP) is -3.26. The van der Waals surface area contributed by atoms with Crippen LogP contribution in [0.15, 0.2) is 0 Å². The second-order valence-corrected chi connectivity index (χ2v) is 2.39. The van der Waals surface area contributed by atoms with Gasteiger partial charge in [-0.05, 0) is 0 Å². The fourth-order valence-electron chi connectivity index (χ4n) is 0.843. The van der Waals surface area contributed by atoms with E-state index in [1.165, 1.54) is 0 Å². The van der Waals surface area contributed by atoms with E-state index < -0.39 is 30.9 Å². The molecule has 1 heterocycles. The summed E-state index contributed by atoms with van der Waals surface area (Å²) in [5, 5.41) is 44.0. The molecule has 66 valence electrons. The van der Waals surface area contributed by atoms with Gasteiger partial charge in [0.2, 0.25) is 0 Å². The van der Waals surface area contributed by atoms with Gasteiger partial charge in [0.05, 0.1) is 0 Å². The van der Waals surface area contributed by atoms with Gasteiger partial charge in [-0.2, -0.15) is 0 Å². The van der Waals surface area contributed by atoms with Crippen LogP contribution in [-0.4, -0.2) is 56.4 Å². The summed E-state index contributed by atoms with van der Waals surface area (Å²) >= 11 is 0. The highest BCUT2D eigenvalue weighted by molar-refractivity contribution is 4.83. The lowest BCUT2D eigenvalue weighted by Gasteiger charge is -2.35. The number of aliphatic hydroxyl groups is 5. The lowest BCUT2D eigenvalue weighted by atomic mass is 10.0. The monoisotopic (exact) mass is 166 g/mol. The molecule has 0 aromatic carbocycles. The SMILES string of the molecule is OC1C(O)[C@H](O)[C@H](O)O[C@@H]1O. The summed E-state index contributed by atoms with van der Waals surface area (Å²) in [5.74, 6) is 0. The number of ether oxygens (including phenoxy) is 1. The van der Waals surface area contributed by atoms with Crippen molar-refractivity contribution in [1.29, 1.82) is 0 Å². The van der Waals surface area contributed by atoms with E-state index in [9.17, 15) is 0 Å². The molecule has 5 atom stereocenters. The molecule has 1 fully saturated rings. The Labute approximate surface area is 62.3 Å². The van der Waals surface area contributed by atoms with Gasteiger partial charge in [-0.25, -0.2) is 0 Å². The van der Waals surface area contributed by atoms with Crippen LogP contribution >= 0.6 is 0 Å². The maximum atomic E-state index is 8.89. The van der Waals surface area contributed by atoms with Crippen molar-refractivity contribution in [3.63, 3.8) is 0 Å². The lowest BCUT2D eigenvalue weighted by Crippen LogP contribution is -2.57. The van der Waals surface area contributed by atoms with Crippen molar-refractivity contribution in [1.82, 2.24) is 0 Å². The molecule has 6 nitrogen and oxygen atoms in total. The summed E-state index contributed by atoms with van der Waals surface area (Å²) in [6, 6.07) is 0. The zero-order chi connectivity index (χ0) is 8.59. The van der Waals surface area contributed by atoms with E-state index in [0.29, 0.717) is 0 Å². The van der Waals surface area contributed by atoms with Gasteiger partial charge in [0.25, 0.3) is 0 Å². The maximum absolute atomic E-state index is 8.89. The van der Waals surface area contributed by atoms with Gasteiger partial charge < -0.3 is 30.3 Å². The van der Waals surface area contributed by atoms with Crippen LogP contribution < -0.4 is 0 Å². The van der Waals surface area contributed by atoms with Crippen molar-refractivity contribution in [2.45, 2.75) is 30.9 Å². The second-order valence-electron chi connectivity index (χ2n) is 2.39. The van der Waals surface area contributed by atoms with Crippen molar-refractivity contribution >= 4 is 0 Å². The number of hydrogen-bond donors (Lipinski definition) is 5. The van der Waals surface area contributed by atoms with Crippen LogP contribution in [0.4, 0.5) is 0 Å². The van der Waals surface area contributed by atoms with Gasteiger partial charge in [-0.3, -0.25) is 0 Å². The molecule has 0 spiro atoms. The van der Waals surface area contributed by atoms with E-state index in [4.69, 9.17) is 25.5 Å². The first-order valence-electron chi connectivity index (χ1n) is 3.10. The molecule has 1 aliphatic heterocycles. The number of aliphatic hydroxyl groups excluding tert-OH is 5. The highest BCUT2D eigenvalue weighted by Crippen LogP contribution is 2.17. The number of rotatable bonds is 0. The van der Waals surface area contributed by atoms with Crippen LogP contribution in [0, 0.1) is 0 Å². The Morgan fingerprint density at radius 3 is 1.36 bits per heavy atom. The van der Waals surface area contributed by atoms with Gasteiger partial charge >= 0.3 is 0 Å². The first-order valence-corrected chi connectivity index (χ1v) is 3.10. The third-order valence-corrected chi connectivity index (χ3v) is 1.56. The second kappa shape index (κ2) is 3.02. The predicted molar refractivity (Wildman–Crippen MR) is 31.1 cm³/mol. The molecule has 5 N–H and O–H groups in total. The van der Waals surface area contributed by atoms with E-state index in [0.717, 1.165) is 0 Å². The van der Waals surface area contributed by atoms with Crippen LogP contribution in [0.1, 0.15) is 0 Å². The summed E-state index contributed by atoms with van der Waals surface area (Å²) in [7, 11) is 0. The fraction of sp³-hybridized carbons (Fsp3) is 1.00. The Morgan fingerprint density at radius 1 is 0.636 bits per heavy atom. The molecule has 0 radical (unpaired) electrons. The first-order chi connectivity index (χ1) is 5.04. The Kier molecular flexibility index (Phi) is 2.43. The van der Waals surface area contributed by atoms with Crippen molar-refractivity contribution in [2.24, 2.45) is 0 Å². The minimum atomic E-state index is -1.66. The molecule has 0 amide bonds. The molecule has 0 aromatic heterocycles. The zero-order valence-electron chi connectivity index (χ0n) is 5.53.